The van der Waals surface area contributed by atoms with Gasteiger partial charge in [0.1, 0.15) is 12.4 Å². The lowest BCUT2D eigenvalue weighted by molar-refractivity contribution is -0.111. The topological polar surface area (TPSA) is 55.8 Å². The SMILES string of the molecule is C#Cc1ccc(CCCCC)cc1.CC1(C)C[C@@H](C=O)CO1.CCCCCc1ccc(C#C[C@H](O)[C@H]2COC(C)(C)C2)cc1. The van der Waals surface area contributed by atoms with E-state index in [4.69, 9.17) is 15.9 Å². The van der Waals surface area contributed by atoms with Crippen molar-refractivity contribution in [3.05, 3.63) is 70.8 Å². The molecule has 2 fully saturated rings. The fourth-order valence-corrected chi connectivity index (χ4v) is 5.41. The third kappa shape index (κ3) is 14.7. The first-order valence-electron chi connectivity index (χ1n) is 16.6. The summed E-state index contributed by atoms with van der Waals surface area (Å²) in [7, 11) is 0. The number of unbranched alkanes of at least 4 members (excludes halogenated alkanes) is 4. The summed E-state index contributed by atoms with van der Waals surface area (Å²) < 4.78 is 11.0. The lowest BCUT2D eigenvalue weighted by Gasteiger charge is -2.16. The average molecular weight is 601 g/mol. The van der Waals surface area contributed by atoms with E-state index in [-0.39, 0.29) is 23.0 Å². The van der Waals surface area contributed by atoms with Gasteiger partial charge >= 0.3 is 0 Å². The lowest BCUT2D eigenvalue weighted by atomic mass is 9.93. The number of ether oxygens (including phenoxy) is 2. The van der Waals surface area contributed by atoms with Gasteiger partial charge in [0.05, 0.1) is 24.4 Å². The van der Waals surface area contributed by atoms with Crippen LogP contribution in [0, 0.1) is 36.0 Å². The highest BCUT2D eigenvalue weighted by molar-refractivity contribution is 5.54. The molecule has 2 aromatic carbocycles. The molecule has 0 unspecified atom stereocenters. The van der Waals surface area contributed by atoms with Crippen LogP contribution in [0.15, 0.2) is 48.5 Å². The first-order valence-corrected chi connectivity index (χ1v) is 16.6. The van der Waals surface area contributed by atoms with Gasteiger partial charge in [-0.25, -0.2) is 0 Å². The standard InChI is InChI=1S/C20H28O2.C13H16.C7H12O2/c1-4-5-6-7-16-8-10-17(11-9-16)12-13-19(21)18-14-20(2,3)22-15-18;1-3-5-6-7-13-10-8-12(4-2)9-11-13;1-7(2)3-6(4-8)5-9-7/h8-11,18-19,21H,4-7,14-15H2,1-3H3;2,8-11H,3,5-7H2,1H3;4,6H,3,5H2,1-2H3/t18-,19+;;6-/m1.0/s1. The molecule has 0 amide bonds. The van der Waals surface area contributed by atoms with Crippen molar-refractivity contribution in [2.75, 3.05) is 13.2 Å². The van der Waals surface area contributed by atoms with Crippen molar-refractivity contribution in [1.29, 1.82) is 0 Å². The molecule has 2 saturated heterocycles. The Balaban J connectivity index is 0.000000258. The van der Waals surface area contributed by atoms with E-state index < -0.39 is 6.10 Å². The van der Waals surface area contributed by atoms with Crippen LogP contribution in [0.5, 0.6) is 0 Å². The van der Waals surface area contributed by atoms with Crippen molar-refractivity contribution in [3.8, 4) is 24.2 Å². The second kappa shape index (κ2) is 19.5. The minimum atomic E-state index is -0.606. The van der Waals surface area contributed by atoms with E-state index in [1.54, 1.807) is 0 Å². The summed E-state index contributed by atoms with van der Waals surface area (Å²) >= 11 is 0. The monoisotopic (exact) mass is 600 g/mol. The summed E-state index contributed by atoms with van der Waals surface area (Å²) in [6.45, 7) is 13.8. The number of hydrogen-bond donors (Lipinski definition) is 1. The molecule has 0 aliphatic carbocycles. The van der Waals surface area contributed by atoms with E-state index in [0.29, 0.717) is 13.2 Å². The summed E-state index contributed by atoms with van der Waals surface area (Å²) in [4.78, 5) is 10.2. The molecule has 3 atom stereocenters. The first kappa shape index (κ1) is 37.3. The zero-order chi connectivity index (χ0) is 32.4. The Morgan fingerprint density at radius 3 is 1.70 bits per heavy atom. The zero-order valence-electron chi connectivity index (χ0n) is 28.2. The lowest BCUT2D eigenvalue weighted by Crippen LogP contribution is -2.21. The highest BCUT2D eigenvalue weighted by Gasteiger charge is 2.35. The van der Waals surface area contributed by atoms with Crippen molar-refractivity contribution >= 4 is 6.29 Å². The summed E-state index contributed by atoms with van der Waals surface area (Å²) in [5.74, 6) is 8.94. The fraction of sp³-hybridized carbons (Fsp3) is 0.575. The minimum absolute atomic E-state index is 0.0639. The molecule has 2 aromatic rings. The van der Waals surface area contributed by atoms with Gasteiger partial charge in [-0.1, -0.05) is 81.6 Å². The number of aliphatic hydroxyl groups excluding tert-OH is 1. The van der Waals surface area contributed by atoms with Crippen LogP contribution < -0.4 is 0 Å². The summed E-state index contributed by atoms with van der Waals surface area (Å²) in [5.41, 5.74) is 4.51. The quantitative estimate of drug-likeness (QED) is 0.169. The predicted molar refractivity (Wildman–Crippen MR) is 183 cm³/mol. The number of aryl methyl sites for hydroxylation is 2. The molecule has 4 heteroatoms. The molecule has 0 saturated carbocycles. The van der Waals surface area contributed by atoms with E-state index in [1.165, 1.54) is 56.1 Å². The highest BCUT2D eigenvalue weighted by atomic mass is 16.5. The molecule has 0 bridgehead atoms. The molecule has 2 heterocycles. The van der Waals surface area contributed by atoms with E-state index in [9.17, 15) is 9.90 Å². The van der Waals surface area contributed by atoms with Crippen molar-refractivity contribution < 1.29 is 19.4 Å². The van der Waals surface area contributed by atoms with Crippen LogP contribution >= 0.6 is 0 Å². The number of carbonyl (C=O) groups is 1. The van der Waals surface area contributed by atoms with E-state index in [1.807, 2.05) is 26.0 Å². The van der Waals surface area contributed by atoms with Crippen LogP contribution in [0.3, 0.4) is 0 Å². The van der Waals surface area contributed by atoms with Crippen LogP contribution in [0.25, 0.3) is 0 Å². The molecule has 1 N–H and O–H groups in total. The summed E-state index contributed by atoms with van der Waals surface area (Å²) in [6, 6.07) is 16.7. The number of hydrogen-bond acceptors (Lipinski definition) is 4. The number of aliphatic hydroxyl groups is 1. The van der Waals surface area contributed by atoms with Crippen molar-refractivity contribution in [1.82, 2.24) is 0 Å². The van der Waals surface area contributed by atoms with Gasteiger partial charge in [-0.15, -0.1) is 6.42 Å². The van der Waals surface area contributed by atoms with Crippen molar-refractivity contribution in [2.24, 2.45) is 11.8 Å². The van der Waals surface area contributed by atoms with Gasteiger partial charge < -0.3 is 19.4 Å². The molecule has 2 aliphatic rings. The number of rotatable bonds is 10. The zero-order valence-corrected chi connectivity index (χ0v) is 28.2. The summed E-state index contributed by atoms with van der Waals surface area (Å²) in [6.07, 6.45) is 17.4. The van der Waals surface area contributed by atoms with Gasteiger partial charge in [0.2, 0.25) is 0 Å². The second-order valence-corrected chi connectivity index (χ2v) is 13.4. The third-order valence-corrected chi connectivity index (χ3v) is 8.10. The second-order valence-electron chi connectivity index (χ2n) is 13.4. The maximum absolute atomic E-state index is 10.2. The molecule has 0 radical (unpaired) electrons. The average Bonchev–Trinajstić information content (AvgIpc) is 3.58. The van der Waals surface area contributed by atoms with Crippen molar-refractivity contribution in [2.45, 2.75) is 123 Å². The van der Waals surface area contributed by atoms with Crippen LogP contribution in [-0.2, 0) is 27.1 Å². The maximum atomic E-state index is 10.2. The van der Waals surface area contributed by atoms with Crippen LogP contribution in [-0.4, -0.2) is 41.9 Å². The van der Waals surface area contributed by atoms with Crippen molar-refractivity contribution in [3.63, 3.8) is 0 Å². The molecule has 2 aliphatic heterocycles. The Morgan fingerprint density at radius 2 is 1.32 bits per heavy atom. The van der Waals surface area contributed by atoms with E-state index in [2.05, 4.69) is 81.9 Å². The van der Waals surface area contributed by atoms with Gasteiger partial charge in [-0.05, 0) is 102 Å². The molecular weight excluding hydrogens is 544 g/mol. The molecule has 0 spiro atoms. The van der Waals surface area contributed by atoms with E-state index >= 15 is 0 Å². The normalized spacial score (nSPS) is 20.0. The third-order valence-electron chi connectivity index (χ3n) is 8.10. The minimum Gasteiger partial charge on any atom is -0.380 e. The highest BCUT2D eigenvalue weighted by Crippen LogP contribution is 2.31. The van der Waals surface area contributed by atoms with Gasteiger partial charge in [-0.3, -0.25) is 0 Å². The summed E-state index contributed by atoms with van der Waals surface area (Å²) in [5, 5.41) is 10.2. The van der Waals surface area contributed by atoms with Crippen LogP contribution in [0.4, 0.5) is 0 Å². The number of benzene rings is 2. The van der Waals surface area contributed by atoms with Gasteiger partial charge in [-0.2, -0.15) is 0 Å². The fourth-order valence-electron chi connectivity index (χ4n) is 5.41. The Labute approximate surface area is 268 Å². The van der Waals surface area contributed by atoms with Gasteiger partial charge in [0.15, 0.2) is 0 Å². The molecule has 240 valence electrons. The Morgan fingerprint density at radius 1 is 0.818 bits per heavy atom. The molecule has 4 nitrogen and oxygen atoms in total. The van der Waals surface area contributed by atoms with Crippen LogP contribution in [0.1, 0.15) is 115 Å². The smallest absolute Gasteiger partial charge is 0.125 e. The van der Waals surface area contributed by atoms with Gasteiger partial charge in [0, 0.05) is 23.0 Å². The molecular formula is C40H56O4. The number of terminal acetylenes is 1. The van der Waals surface area contributed by atoms with Crippen LogP contribution in [0.2, 0.25) is 0 Å². The Bertz CT molecular complexity index is 1190. The Kier molecular flexibility index (Phi) is 16.5. The Hall–Kier alpha value is -2.89. The largest absolute Gasteiger partial charge is 0.380 e. The molecule has 0 aromatic heterocycles. The molecule has 44 heavy (non-hydrogen) atoms. The maximum Gasteiger partial charge on any atom is 0.125 e. The van der Waals surface area contributed by atoms with Gasteiger partial charge in [0.25, 0.3) is 0 Å². The number of carbonyl (C=O) groups excluding carboxylic acids is 1. The first-order chi connectivity index (χ1) is 21.0. The van der Waals surface area contributed by atoms with E-state index in [0.717, 1.165) is 36.7 Å². The predicted octanol–water partition coefficient (Wildman–Crippen LogP) is 8.35. The number of aldehydes is 1. The molecule has 4 rings (SSSR count).